The number of tetrazole rings is 1. The number of rotatable bonds is 7. The number of carbonyl (C=O) groups excluding carboxylic acids is 1. The Labute approximate surface area is 127 Å². The van der Waals surface area contributed by atoms with E-state index in [1.807, 2.05) is 0 Å². The van der Waals surface area contributed by atoms with Crippen LogP contribution >= 0.6 is 0 Å². The van der Waals surface area contributed by atoms with Crippen molar-refractivity contribution in [2.24, 2.45) is 5.92 Å². The molecule has 1 aromatic carbocycles. The highest BCUT2D eigenvalue weighted by molar-refractivity contribution is 5.92. The summed E-state index contributed by atoms with van der Waals surface area (Å²) in [4.78, 5) is 11.9. The summed E-state index contributed by atoms with van der Waals surface area (Å²) in [6, 6.07) is 5.25. The van der Waals surface area contributed by atoms with E-state index in [1.165, 1.54) is 23.9 Å². The molecule has 3 rings (SSSR count). The largest absolute Gasteiger partial charge is 0.494 e. The van der Waals surface area contributed by atoms with Gasteiger partial charge in [0.05, 0.1) is 13.7 Å². The highest BCUT2D eigenvalue weighted by Gasteiger charge is 2.21. The quantitative estimate of drug-likeness (QED) is 0.821. The molecule has 1 amide bonds. The predicted octanol–water partition coefficient (Wildman–Crippen LogP) is 1.04. The molecule has 0 radical (unpaired) electrons. The first-order valence-corrected chi connectivity index (χ1v) is 7.05. The lowest BCUT2D eigenvalue weighted by molar-refractivity contribution is -0.120. The first kappa shape index (κ1) is 14.5. The van der Waals surface area contributed by atoms with E-state index in [9.17, 15) is 4.79 Å². The van der Waals surface area contributed by atoms with E-state index in [1.54, 1.807) is 25.3 Å². The molecule has 0 aliphatic heterocycles. The van der Waals surface area contributed by atoms with Crippen LogP contribution in [-0.4, -0.2) is 46.4 Å². The summed E-state index contributed by atoms with van der Waals surface area (Å²) in [5.41, 5.74) is 1.27. The average molecular weight is 303 g/mol. The molecular weight excluding hydrogens is 286 g/mol. The van der Waals surface area contributed by atoms with Crippen LogP contribution in [-0.2, 0) is 9.53 Å². The Kier molecular flexibility index (Phi) is 4.29. The number of nitrogens with zero attached hydrogens (tertiary/aromatic N) is 4. The average Bonchev–Trinajstić information content (AvgIpc) is 3.18. The van der Waals surface area contributed by atoms with Crippen LogP contribution in [0.15, 0.2) is 24.5 Å². The van der Waals surface area contributed by atoms with Gasteiger partial charge >= 0.3 is 0 Å². The molecule has 1 aromatic heterocycles. The number of anilines is 1. The number of hydrogen-bond acceptors (Lipinski definition) is 6. The van der Waals surface area contributed by atoms with Crippen LogP contribution in [0.2, 0.25) is 0 Å². The minimum atomic E-state index is -0.187. The standard InChI is InChI=1S/C14H17N5O3/c1-21-13-5-4-11(6-12(13)19-9-15-17-18-19)16-14(20)8-22-7-10-2-3-10/h4-6,9-10H,2-3,7-8H2,1H3,(H,16,20). The van der Waals surface area contributed by atoms with Gasteiger partial charge in [0.15, 0.2) is 0 Å². The molecule has 1 fully saturated rings. The molecule has 116 valence electrons. The summed E-state index contributed by atoms with van der Waals surface area (Å²) in [6.07, 6.45) is 3.87. The number of methoxy groups -OCH3 is 1. The number of amides is 1. The van der Waals surface area contributed by atoms with Crippen LogP contribution in [0.4, 0.5) is 5.69 Å². The maximum Gasteiger partial charge on any atom is 0.250 e. The highest BCUT2D eigenvalue weighted by Crippen LogP contribution is 2.28. The molecule has 0 bridgehead atoms. The van der Waals surface area contributed by atoms with Crippen molar-refractivity contribution >= 4 is 11.6 Å². The van der Waals surface area contributed by atoms with E-state index in [0.717, 1.165) is 0 Å². The van der Waals surface area contributed by atoms with Crippen LogP contribution in [0.1, 0.15) is 12.8 Å². The molecule has 8 heteroatoms. The lowest BCUT2D eigenvalue weighted by Gasteiger charge is -2.11. The van der Waals surface area contributed by atoms with Gasteiger partial charge in [0.1, 0.15) is 24.4 Å². The van der Waals surface area contributed by atoms with Crippen molar-refractivity contribution < 1.29 is 14.3 Å². The van der Waals surface area contributed by atoms with Crippen molar-refractivity contribution in [3.63, 3.8) is 0 Å². The number of nitrogens with one attached hydrogen (secondary N) is 1. The molecule has 2 aromatic rings. The third-order valence-electron chi connectivity index (χ3n) is 3.34. The van der Waals surface area contributed by atoms with Gasteiger partial charge in [0.2, 0.25) is 5.91 Å². The Bertz CT molecular complexity index is 640. The SMILES string of the molecule is COc1ccc(NC(=O)COCC2CC2)cc1-n1cnnn1. The van der Waals surface area contributed by atoms with E-state index in [-0.39, 0.29) is 12.5 Å². The normalized spacial score (nSPS) is 13.9. The Morgan fingerprint density at radius 1 is 1.45 bits per heavy atom. The van der Waals surface area contributed by atoms with Crippen LogP contribution in [0.5, 0.6) is 5.75 Å². The van der Waals surface area contributed by atoms with Gasteiger partial charge in [-0.1, -0.05) is 0 Å². The Hall–Kier alpha value is -2.48. The molecule has 0 spiro atoms. The zero-order valence-electron chi connectivity index (χ0n) is 12.2. The minimum absolute atomic E-state index is 0.0583. The predicted molar refractivity (Wildman–Crippen MR) is 77.9 cm³/mol. The molecular formula is C14H17N5O3. The van der Waals surface area contributed by atoms with Gasteiger partial charge in [-0.3, -0.25) is 4.79 Å². The lowest BCUT2D eigenvalue weighted by atomic mass is 10.2. The van der Waals surface area contributed by atoms with Crippen LogP contribution in [0.3, 0.4) is 0 Å². The third kappa shape index (κ3) is 3.59. The second-order valence-corrected chi connectivity index (χ2v) is 5.15. The molecule has 1 aliphatic carbocycles. The van der Waals surface area contributed by atoms with Gasteiger partial charge in [-0.15, -0.1) is 5.10 Å². The van der Waals surface area contributed by atoms with E-state index in [4.69, 9.17) is 9.47 Å². The zero-order valence-corrected chi connectivity index (χ0v) is 12.2. The number of ether oxygens (including phenoxy) is 2. The molecule has 8 nitrogen and oxygen atoms in total. The third-order valence-corrected chi connectivity index (χ3v) is 3.34. The summed E-state index contributed by atoms with van der Waals surface area (Å²) in [5.74, 6) is 1.06. The Morgan fingerprint density at radius 3 is 3.00 bits per heavy atom. The highest BCUT2D eigenvalue weighted by atomic mass is 16.5. The fourth-order valence-electron chi connectivity index (χ4n) is 2.02. The maximum absolute atomic E-state index is 11.9. The Balaban J connectivity index is 1.65. The first-order chi connectivity index (χ1) is 10.8. The fraction of sp³-hybridized carbons (Fsp3) is 0.429. The van der Waals surface area contributed by atoms with Crippen molar-refractivity contribution in [3.05, 3.63) is 24.5 Å². The number of benzene rings is 1. The zero-order chi connectivity index (χ0) is 15.4. The number of aromatic nitrogens is 4. The second kappa shape index (κ2) is 6.52. The van der Waals surface area contributed by atoms with Crippen molar-refractivity contribution in [2.45, 2.75) is 12.8 Å². The van der Waals surface area contributed by atoms with Gasteiger partial charge in [-0.25, -0.2) is 0 Å². The second-order valence-electron chi connectivity index (χ2n) is 5.15. The lowest BCUT2D eigenvalue weighted by Crippen LogP contribution is -2.19. The van der Waals surface area contributed by atoms with Crippen molar-refractivity contribution in [3.8, 4) is 11.4 Å². The maximum atomic E-state index is 11.9. The van der Waals surface area contributed by atoms with Gasteiger partial charge in [-0.2, -0.15) is 4.68 Å². The summed E-state index contributed by atoms with van der Waals surface area (Å²) < 4.78 is 12.1. The fourth-order valence-corrected chi connectivity index (χ4v) is 2.02. The summed E-state index contributed by atoms with van der Waals surface area (Å²) in [6.45, 7) is 0.717. The molecule has 1 heterocycles. The molecule has 22 heavy (non-hydrogen) atoms. The molecule has 1 N–H and O–H groups in total. The van der Waals surface area contributed by atoms with E-state index < -0.39 is 0 Å². The van der Waals surface area contributed by atoms with E-state index in [0.29, 0.717) is 29.6 Å². The van der Waals surface area contributed by atoms with Crippen molar-refractivity contribution in [1.82, 2.24) is 20.2 Å². The summed E-state index contributed by atoms with van der Waals surface area (Å²) >= 11 is 0. The van der Waals surface area contributed by atoms with Crippen LogP contribution in [0.25, 0.3) is 5.69 Å². The van der Waals surface area contributed by atoms with Crippen molar-refractivity contribution in [2.75, 3.05) is 25.6 Å². The van der Waals surface area contributed by atoms with Gasteiger partial charge in [0, 0.05) is 5.69 Å². The monoisotopic (exact) mass is 303 g/mol. The van der Waals surface area contributed by atoms with E-state index >= 15 is 0 Å². The molecule has 0 unspecified atom stereocenters. The van der Waals surface area contributed by atoms with Crippen molar-refractivity contribution in [1.29, 1.82) is 0 Å². The van der Waals surface area contributed by atoms with Gasteiger partial charge in [-0.05, 0) is 47.4 Å². The van der Waals surface area contributed by atoms with Gasteiger partial charge < -0.3 is 14.8 Å². The minimum Gasteiger partial charge on any atom is -0.494 e. The number of carbonyl (C=O) groups is 1. The van der Waals surface area contributed by atoms with Gasteiger partial charge in [0.25, 0.3) is 0 Å². The summed E-state index contributed by atoms with van der Waals surface area (Å²) in [7, 11) is 1.56. The first-order valence-electron chi connectivity index (χ1n) is 7.05. The molecule has 1 saturated carbocycles. The summed E-state index contributed by atoms with van der Waals surface area (Å²) in [5, 5.41) is 13.8. The number of hydrogen-bond donors (Lipinski definition) is 1. The van der Waals surface area contributed by atoms with Crippen LogP contribution < -0.4 is 10.1 Å². The Morgan fingerprint density at radius 2 is 2.32 bits per heavy atom. The van der Waals surface area contributed by atoms with E-state index in [2.05, 4.69) is 20.8 Å². The topological polar surface area (TPSA) is 91.2 Å². The molecule has 0 saturated heterocycles. The van der Waals surface area contributed by atoms with Crippen LogP contribution in [0, 0.1) is 5.92 Å². The molecule has 0 atom stereocenters. The smallest absolute Gasteiger partial charge is 0.250 e. The molecule has 1 aliphatic rings.